The summed E-state index contributed by atoms with van der Waals surface area (Å²) >= 11 is 5.81. The van der Waals surface area contributed by atoms with Gasteiger partial charge in [0.1, 0.15) is 12.4 Å². The molecule has 0 aliphatic heterocycles. The van der Waals surface area contributed by atoms with Crippen LogP contribution in [-0.4, -0.2) is 38.3 Å². The zero-order chi connectivity index (χ0) is 20.2. The Hall–Kier alpha value is -2.57. The fourth-order valence-corrected chi connectivity index (χ4v) is 2.41. The van der Waals surface area contributed by atoms with Crippen LogP contribution in [0, 0.1) is 0 Å². The number of hydrogen-bond acceptors (Lipinski definition) is 5. The van der Waals surface area contributed by atoms with Crippen molar-refractivity contribution in [1.82, 2.24) is 0 Å². The molecule has 0 saturated heterocycles. The second-order valence-corrected chi connectivity index (χ2v) is 6.30. The standard InChI is InChI=1S/C21H24ClNO5/c1-2-26-14-15-28-21(25)16-5-9-18(10-6-16)23-20(24)4-3-13-27-19-11-7-17(22)8-12-19/h5-12H,2-4,13-15H2,1H3,(H,23,24). The number of amides is 1. The average molecular weight is 406 g/mol. The monoisotopic (exact) mass is 405 g/mol. The van der Waals surface area contributed by atoms with Gasteiger partial charge in [0.25, 0.3) is 0 Å². The molecule has 0 aromatic heterocycles. The topological polar surface area (TPSA) is 73.9 Å². The second kappa shape index (κ2) is 12.0. The summed E-state index contributed by atoms with van der Waals surface area (Å²) in [5.74, 6) is 0.178. The van der Waals surface area contributed by atoms with Crippen LogP contribution in [0.3, 0.4) is 0 Å². The number of carbonyl (C=O) groups is 2. The Bertz CT molecular complexity index is 746. The molecule has 0 saturated carbocycles. The van der Waals surface area contributed by atoms with Crippen LogP contribution in [-0.2, 0) is 14.3 Å². The summed E-state index contributed by atoms with van der Waals surface area (Å²) in [6.45, 7) is 3.48. The van der Waals surface area contributed by atoms with E-state index in [1.807, 2.05) is 6.92 Å². The van der Waals surface area contributed by atoms with Gasteiger partial charge in [0.2, 0.25) is 5.91 Å². The molecule has 0 aliphatic rings. The van der Waals surface area contributed by atoms with E-state index in [9.17, 15) is 9.59 Å². The van der Waals surface area contributed by atoms with E-state index in [2.05, 4.69) is 5.32 Å². The number of halogens is 1. The minimum Gasteiger partial charge on any atom is -0.494 e. The van der Waals surface area contributed by atoms with Gasteiger partial charge in [0.15, 0.2) is 0 Å². The Morgan fingerprint density at radius 3 is 2.36 bits per heavy atom. The van der Waals surface area contributed by atoms with Gasteiger partial charge < -0.3 is 19.5 Å². The highest BCUT2D eigenvalue weighted by atomic mass is 35.5. The number of nitrogens with one attached hydrogen (secondary N) is 1. The fraction of sp³-hybridized carbons (Fsp3) is 0.333. The highest BCUT2D eigenvalue weighted by Gasteiger charge is 2.08. The third-order valence-corrected chi connectivity index (χ3v) is 3.95. The number of hydrogen-bond donors (Lipinski definition) is 1. The first kappa shape index (κ1) is 21.7. The van der Waals surface area contributed by atoms with Gasteiger partial charge in [-0.3, -0.25) is 4.79 Å². The van der Waals surface area contributed by atoms with Crippen molar-refractivity contribution in [2.75, 3.05) is 31.7 Å². The van der Waals surface area contributed by atoms with E-state index in [4.69, 9.17) is 25.8 Å². The Morgan fingerprint density at radius 2 is 1.68 bits per heavy atom. The maximum atomic E-state index is 12.0. The van der Waals surface area contributed by atoms with E-state index in [0.29, 0.717) is 54.7 Å². The van der Waals surface area contributed by atoms with E-state index in [-0.39, 0.29) is 12.5 Å². The maximum absolute atomic E-state index is 12.0. The molecule has 28 heavy (non-hydrogen) atoms. The van der Waals surface area contributed by atoms with Gasteiger partial charge in [-0.25, -0.2) is 4.79 Å². The lowest BCUT2D eigenvalue weighted by atomic mass is 10.2. The van der Waals surface area contributed by atoms with Gasteiger partial charge >= 0.3 is 5.97 Å². The van der Waals surface area contributed by atoms with Gasteiger partial charge in [0.05, 0.1) is 18.8 Å². The Kier molecular flexibility index (Phi) is 9.31. The molecule has 0 aliphatic carbocycles. The largest absolute Gasteiger partial charge is 0.494 e. The summed E-state index contributed by atoms with van der Waals surface area (Å²) in [6, 6.07) is 13.6. The van der Waals surface area contributed by atoms with Crippen molar-refractivity contribution in [3.63, 3.8) is 0 Å². The molecule has 0 spiro atoms. The first-order chi connectivity index (χ1) is 13.6. The minimum absolute atomic E-state index is 0.119. The summed E-state index contributed by atoms with van der Waals surface area (Å²) in [6.07, 6.45) is 0.910. The van der Waals surface area contributed by atoms with Crippen LogP contribution >= 0.6 is 11.6 Å². The Labute approximate surface area is 169 Å². The lowest BCUT2D eigenvalue weighted by Gasteiger charge is -2.08. The molecule has 0 bridgehead atoms. The molecule has 2 rings (SSSR count). The number of benzene rings is 2. The van der Waals surface area contributed by atoms with Crippen molar-refractivity contribution in [2.45, 2.75) is 19.8 Å². The summed E-state index contributed by atoms with van der Waals surface area (Å²) in [5, 5.41) is 3.44. The third kappa shape index (κ3) is 7.98. The molecule has 7 heteroatoms. The van der Waals surface area contributed by atoms with Crippen LogP contribution in [0.25, 0.3) is 0 Å². The van der Waals surface area contributed by atoms with Crippen LogP contribution in [0.15, 0.2) is 48.5 Å². The normalized spacial score (nSPS) is 10.4. The SMILES string of the molecule is CCOCCOC(=O)c1ccc(NC(=O)CCCOc2ccc(Cl)cc2)cc1. The number of carbonyl (C=O) groups excluding carboxylic acids is 2. The van der Waals surface area contributed by atoms with Crippen LogP contribution in [0.5, 0.6) is 5.75 Å². The molecule has 1 amide bonds. The van der Waals surface area contributed by atoms with Crippen molar-refractivity contribution in [2.24, 2.45) is 0 Å². The Morgan fingerprint density at radius 1 is 0.964 bits per heavy atom. The molecule has 1 N–H and O–H groups in total. The molecule has 6 nitrogen and oxygen atoms in total. The average Bonchev–Trinajstić information content (AvgIpc) is 2.70. The van der Waals surface area contributed by atoms with E-state index in [1.165, 1.54) is 0 Å². The van der Waals surface area contributed by atoms with Crippen LogP contribution in [0.1, 0.15) is 30.1 Å². The van der Waals surface area contributed by atoms with E-state index in [1.54, 1.807) is 48.5 Å². The van der Waals surface area contributed by atoms with E-state index >= 15 is 0 Å². The first-order valence-electron chi connectivity index (χ1n) is 9.11. The lowest BCUT2D eigenvalue weighted by molar-refractivity contribution is -0.116. The molecular formula is C21H24ClNO5. The highest BCUT2D eigenvalue weighted by molar-refractivity contribution is 6.30. The van der Waals surface area contributed by atoms with Crippen molar-refractivity contribution in [3.05, 3.63) is 59.1 Å². The molecule has 0 fully saturated rings. The second-order valence-electron chi connectivity index (χ2n) is 5.86. The molecule has 2 aromatic carbocycles. The quantitative estimate of drug-likeness (QED) is 0.445. The third-order valence-electron chi connectivity index (χ3n) is 3.70. The smallest absolute Gasteiger partial charge is 0.338 e. The number of ether oxygens (including phenoxy) is 3. The Balaban J connectivity index is 1.67. The summed E-state index contributed by atoms with van der Waals surface area (Å²) < 4.78 is 15.8. The maximum Gasteiger partial charge on any atom is 0.338 e. The van der Waals surface area contributed by atoms with Crippen molar-refractivity contribution in [1.29, 1.82) is 0 Å². The fourth-order valence-electron chi connectivity index (χ4n) is 2.29. The summed E-state index contributed by atoms with van der Waals surface area (Å²) in [5.41, 5.74) is 1.04. The molecule has 0 atom stereocenters. The zero-order valence-electron chi connectivity index (χ0n) is 15.8. The van der Waals surface area contributed by atoms with Gasteiger partial charge in [0, 0.05) is 23.7 Å². The molecular weight excluding hydrogens is 382 g/mol. The number of anilines is 1. The van der Waals surface area contributed by atoms with E-state index < -0.39 is 5.97 Å². The van der Waals surface area contributed by atoms with Gasteiger partial charge in [-0.15, -0.1) is 0 Å². The van der Waals surface area contributed by atoms with Crippen LogP contribution in [0.2, 0.25) is 5.02 Å². The predicted octanol–water partition coefficient (Wildman–Crippen LogP) is 4.33. The van der Waals surface area contributed by atoms with Gasteiger partial charge in [-0.2, -0.15) is 0 Å². The molecule has 150 valence electrons. The molecule has 0 unspecified atom stereocenters. The van der Waals surface area contributed by atoms with Crippen molar-refractivity contribution in [3.8, 4) is 5.75 Å². The summed E-state index contributed by atoms with van der Waals surface area (Å²) in [4.78, 5) is 23.9. The highest BCUT2D eigenvalue weighted by Crippen LogP contribution is 2.16. The van der Waals surface area contributed by atoms with Crippen LogP contribution < -0.4 is 10.1 Å². The molecule has 0 heterocycles. The predicted molar refractivity (Wildman–Crippen MR) is 108 cm³/mol. The lowest BCUT2D eigenvalue weighted by Crippen LogP contribution is -2.13. The first-order valence-corrected chi connectivity index (χ1v) is 9.49. The molecule has 0 radical (unpaired) electrons. The molecule has 2 aromatic rings. The van der Waals surface area contributed by atoms with Crippen LogP contribution in [0.4, 0.5) is 5.69 Å². The van der Waals surface area contributed by atoms with Crippen molar-refractivity contribution < 1.29 is 23.8 Å². The van der Waals surface area contributed by atoms with Gasteiger partial charge in [-0.05, 0) is 61.9 Å². The van der Waals surface area contributed by atoms with E-state index in [0.717, 1.165) is 0 Å². The summed E-state index contributed by atoms with van der Waals surface area (Å²) in [7, 11) is 0. The minimum atomic E-state index is -0.420. The van der Waals surface area contributed by atoms with Crippen molar-refractivity contribution >= 4 is 29.2 Å². The number of esters is 1. The van der Waals surface area contributed by atoms with Gasteiger partial charge in [-0.1, -0.05) is 11.6 Å². The number of rotatable bonds is 11. The zero-order valence-corrected chi connectivity index (χ0v) is 16.5.